The maximum atomic E-state index is 6.42. The second kappa shape index (κ2) is 10.7. The summed E-state index contributed by atoms with van der Waals surface area (Å²) in [5, 5.41) is 0. The van der Waals surface area contributed by atoms with Crippen molar-refractivity contribution in [2.24, 2.45) is 5.73 Å². The van der Waals surface area contributed by atoms with E-state index in [1.54, 1.807) is 0 Å². The molecule has 0 rings (SSSR count). The Kier molecular flexibility index (Phi) is 10.6. The van der Waals surface area contributed by atoms with Gasteiger partial charge in [-0.05, 0) is 33.4 Å². The van der Waals surface area contributed by atoms with Crippen LogP contribution in [0.2, 0.25) is 0 Å². The van der Waals surface area contributed by atoms with E-state index in [-0.39, 0.29) is 5.54 Å². The van der Waals surface area contributed by atoms with E-state index in [0.717, 1.165) is 19.5 Å². The Labute approximate surface area is 122 Å². The van der Waals surface area contributed by atoms with Crippen molar-refractivity contribution in [2.75, 3.05) is 13.1 Å². The predicted octanol–water partition coefficient (Wildman–Crippen LogP) is 4.57. The highest BCUT2D eigenvalue weighted by atomic mass is 15.2. The third-order valence-corrected chi connectivity index (χ3v) is 4.60. The van der Waals surface area contributed by atoms with Gasteiger partial charge in [0.05, 0.1) is 0 Å². The molecule has 0 saturated carbocycles. The molecule has 0 aliphatic heterocycles. The monoisotopic (exact) mass is 270 g/mol. The zero-order chi connectivity index (χ0) is 14.7. The van der Waals surface area contributed by atoms with Crippen molar-refractivity contribution in [1.29, 1.82) is 0 Å². The quantitative estimate of drug-likeness (QED) is 0.526. The van der Waals surface area contributed by atoms with E-state index in [0.29, 0.717) is 6.04 Å². The maximum absolute atomic E-state index is 6.42. The molecule has 0 fully saturated rings. The molecule has 1 atom stereocenters. The molecule has 0 aliphatic carbocycles. The predicted molar refractivity (Wildman–Crippen MR) is 87.6 cm³/mol. The van der Waals surface area contributed by atoms with Crippen LogP contribution in [0.3, 0.4) is 0 Å². The molecule has 19 heavy (non-hydrogen) atoms. The summed E-state index contributed by atoms with van der Waals surface area (Å²) in [6.45, 7) is 13.5. The lowest BCUT2D eigenvalue weighted by Crippen LogP contribution is -2.55. The van der Waals surface area contributed by atoms with Gasteiger partial charge < -0.3 is 5.73 Å². The van der Waals surface area contributed by atoms with Crippen LogP contribution in [0, 0.1) is 0 Å². The molecule has 116 valence electrons. The van der Waals surface area contributed by atoms with Gasteiger partial charge >= 0.3 is 0 Å². The van der Waals surface area contributed by atoms with Crippen LogP contribution in [0.4, 0.5) is 0 Å². The topological polar surface area (TPSA) is 29.3 Å². The molecule has 0 heterocycles. The number of nitrogens with two attached hydrogens (primary N) is 1. The SMILES string of the molecule is CCCCCCCCCC(N)C(C)(C)N(CC)CC. The number of hydrogen-bond donors (Lipinski definition) is 1. The van der Waals surface area contributed by atoms with Gasteiger partial charge in [-0.25, -0.2) is 0 Å². The summed E-state index contributed by atoms with van der Waals surface area (Å²) in [6.07, 6.45) is 10.7. The first-order chi connectivity index (χ1) is 9.00. The van der Waals surface area contributed by atoms with E-state index in [4.69, 9.17) is 5.73 Å². The molecule has 0 spiro atoms. The van der Waals surface area contributed by atoms with Gasteiger partial charge in [-0.1, -0.05) is 65.7 Å². The Hall–Kier alpha value is -0.0800. The van der Waals surface area contributed by atoms with E-state index in [9.17, 15) is 0 Å². The first kappa shape index (κ1) is 18.9. The van der Waals surface area contributed by atoms with E-state index in [2.05, 4.69) is 39.5 Å². The molecule has 2 N–H and O–H groups in total. The first-order valence-electron chi connectivity index (χ1n) is 8.51. The minimum atomic E-state index is 0.131. The highest BCUT2D eigenvalue weighted by Crippen LogP contribution is 2.21. The van der Waals surface area contributed by atoms with Crippen molar-refractivity contribution >= 4 is 0 Å². The van der Waals surface area contributed by atoms with Crippen LogP contribution >= 0.6 is 0 Å². The Morgan fingerprint density at radius 2 is 1.32 bits per heavy atom. The van der Waals surface area contributed by atoms with Crippen LogP contribution in [0.15, 0.2) is 0 Å². The summed E-state index contributed by atoms with van der Waals surface area (Å²) >= 11 is 0. The molecule has 2 heteroatoms. The largest absolute Gasteiger partial charge is 0.326 e. The van der Waals surface area contributed by atoms with E-state index in [1.807, 2.05) is 0 Å². The summed E-state index contributed by atoms with van der Waals surface area (Å²) in [5.41, 5.74) is 6.55. The third kappa shape index (κ3) is 7.31. The number of unbranched alkanes of at least 4 members (excludes halogenated alkanes) is 6. The number of likely N-dealkylation sites (N-methyl/N-ethyl adjacent to an activating group) is 1. The van der Waals surface area contributed by atoms with Gasteiger partial charge in [0.1, 0.15) is 0 Å². The summed E-state index contributed by atoms with van der Waals surface area (Å²) in [6, 6.07) is 0.294. The van der Waals surface area contributed by atoms with Crippen molar-refractivity contribution in [3.05, 3.63) is 0 Å². The molecule has 0 saturated heterocycles. The van der Waals surface area contributed by atoms with Crippen LogP contribution in [-0.2, 0) is 0 Å². The summed E-state index contributed by atoms with van der Waals surface area (Å²) in [4.78, 5) is 2.49. The first-order valence-corrected chi connectivity index (χ1v) is 8.51. The smallest absolute Gasteiger partial charge is 0.0303 e. The second-order valence-electron chi connectivity index (χ2n) is 6.34. The standard InChI is InChI=1S/C17H38N2/c1-6-9-10-11-12-13-14-15-16(18)17(4,5)19(7-2)8-3/h16H,6-15,18H2,1-5H3. The van der Waals surface area contributed by atoms with Crippen molar-refractivity contribution in [3.63, 3.8) is 0 Å². The molecular formula is C17H38N2. The van der Waals surface area contributed by atoms with E-state index < -0.39 is 0 Å². The van der Waals surface area contributed by atoms with Gasteiger partial charge in [-0.3, -0.25) is 4.90 Å². The van der Waals surface area contributed by atoms with Gasteiger partial charge in [-0.15, -0.1) is 0 Å². The van der Waals surface area contributed by atoms with Crippen LogP contribution < -0.4 is 5.73 Å². The molecule has 0 amide bonds. The van der Waals surface area contributed by atoms with Crippen LogP contribution in [0.5, 0.6) is 0 Å². The van der Waals surface area contributed by atoms with Crippen molar-refractivity contribution in [2.45, 2.75) is 97.6 Å². The lowest BCUT2D eigenvalue weighted by atomic mass is 9.88. The zero-order valence-electron chi connectivity index (χ0n) is 14.2. The highest BCUT2D eigenvalue weighted by Gasteiger charge is 2.30. The Morgan fingerprint density at radius 3 is 1.79 bits per heavy atom. The van der Waals surface area contributed by atoms with Crippen molar-refractivity contribution in [1.82, 2.24) is 4.90 Å². The number of rotatable bonds is 12. The van der Waals surface area contributed by atoms with Gasteiger partial charge in [0.25, 0.3) is 0 Å². The molecule has 0 radical (unpaired) electrons. The molecule has 0 bridgehead atoms. The van der Waals surface area contributed by atoms with Crippen molar-refractivity contribution < 1.29 is 0 Å². The lowest BCUT2D eigenvalue weighted by Gasteiger charge is -2.42. The van der Waals surface area contributed by atoms with Crippen molar-refractivity contribution in [3.8, 4) is 0 Å². The van der Waals surface area contributed by atoms with E-state index >= 15 is 0 Å². The lowest BCUT2D eigenvalue weighted by molar-refractivity contribution is 0.102. The average Bonchev–Trinajstić information content (AvgIpc) is 2.38. The van der Waals surface area contributed by atoms with Gasteiger partial charge in [0, 0.05) is 11.6 Å². The summed E-state index contributed by atoms with van der Waals surface area (Å²) < 4.78 is 0. The van der Waals surface area contributed by atoms with Crippen LogP contribution in [-0.4, -0.2) is 29.6 Å². The molecule has 0 aliphatic rings. The summed E-state index contributed by atoms with van der Waals surface area (Å²) in [5.74, 6) is 0. The fourth-order valence-corrected chi connectivity index (χ4v) is 2.95. The minimum absolute atomic E-state index is 0.131. The number of hydrogen-bond acceptors (Lipinski definition) is 2. The van der Waals surface area contributed by atoms with Gasteiger partial charge in [-0.2, -0.15) is 0 Å². The molecule has 0 aromatic rings. The normalized spacial score (nSPS) is 14.1. The fraction of sp³-hybridized carbons (Fsp3) is 1.00. The van der Waals surface area contributed by atoms with E-state index in [1.165, 1.54) is 44.9 Å². The minimum Gasteiger partial charge on any atom is -0.326 e. The highest BCUT2D eigenvalue weighted by molar-refractivity contribution is 4.90. The third-order valence-electron chi connectivity index (χ3n) is 4.60. The molecule has 2 nitrogen and oxygen atoms in total. The Bertz CT molecular complexity index is 197. The Morgan fingerprint density at radius 1 is 0.842 bits per heavy atom. The molecular weight excluding hydrogens is 232 g/mol. The molecule has 0 aromatic heterocycles. The number of nitrogens with zero attached hydrogens (tertiary/aromatic N) is 1. The molecule has 1 unspecified atom stereocenters. The Balaban J connectivity index is 3.80. The van der Waals surface area contributed by atoms with Gasteiger partial charge in [0.15, 0.2) is 0 Å². The fourth-order valence-electron chi connectivity index (χ4n) is 2.95. The summed E-state index contributed by atoms with van der Waals surface area (Å²) in [7, 11) is 0. The average molecular weight is 271 g/mol. The van der Waals surface area contributed by atoms with Crippen LogP contribution in [0.25, 0.3) is 0 Å². The van der Waals surface area contributed by atoms with Gasteiger partial charge in [0.2, 0.25) is 0 Å². The molecule has 0 aromatic carbocycles. The maximum Gasteiger partial charge on any atom is 0.0303 e. The van der Waals surface area contributed by atoms with Crippen LogP contribution in [0.1, 0.15) is 86.0 Å². The second-order valence-corrected chi connectivity index (χ2v) is 6.34. The zero-order valence-corrected chi connectivity index (χ0v) is 14.2.